The lowest BCUT2D eigenvalue weighted by atomic mass is 10.0. The highest BCUT2D eigenvalue weighted by Gasteiger charge is 2.30. The number of halogens is 4. The predicted molar refractivity (Wildman–Crippen MR) is 114 cm³/mol. The van der Waals surface area contributed by atoms with Gasteiger partial charge in [-0.15, -0.1) is 0 Å². The van der Waals surface area contributed by atoms with Gasteiger partial charge in [0, 0.05) is 29.5 Å². The van der Waals surface area contributed by atoms with E-state index in [0.29, 0.717) is 16.7 Å². The first-order valence-electron chi connectivity index (χ1n) is 9.14. The molecule has 168 valence electrons. The fraction of sp³-hybridized carbons (Fsp3) is 0.143. The highest BCUT2D eigenvalue weighted by Crippen LogP contribution is 2.31. The zero-order valence-electron chi connectivity index (χ0n) is 16.6. The Bertz CT molecular complexity index is 1250. The second-order valence-corrected chi connectivity index (χ2v) is 8.97. The van der Waals surface area contributed by atoms with Crippen molar-refractivity contribution in [2.75, 3.05) is 7.05 Å². The largest absolute Gasteiger partial charge is 0.416 e. The molecule has 32 heavy (non-hydrogen) atoms. The van der Waals surface area contributed by atoms with Crippen LogP contribution in [-0.4, -0.2) is 26.4 Å². The third kappa shape index (κ3) is 5.45. The molecule has 0 aliphatic carbocycles. The summed E-state index contributed by atoms with van der Waals surface area (Å²) in [5.74, 6) is -0.478. The molecule has 3 rings (SSSR count). The standard InChI is InChI=1S/C21H17ClF3N3O3S/c1-26-32(30,31)18-7-4-14(19(22)9-18)12-28-20(29)16-8-15(10-27-11-16)13-2-5-17(6-3-13)21(23,24)25/h2-11,26H,12H2,1H3,(H,28,29). The average molecular weight is 484 g/mol. The Kier molecular flexibility index (Phi) is 6.87. The maximum absolute atomic E-state index is 12.7. The number of rotatable bonds is 6. The minimum absolute atomic E-state index is 0.00600. The number of hydrogen-bond donors (Lipinski definition) is 2. The SMILES string of the molecule is CNS(=O)(=O)c1ccc(CNC(=O)c2cncc(-c3ccc(C(F)(F)F)cc3)c2)c(Cl)c1. The number of amides is 1. The molecule has 0 aliphatic heterocycles. The van der Waals surface area contributed by atoms with Crippen LogP contribution < -0.4 is 10.0 Å². The van der Waals surface area contributed by atoms with E-state index in [1.165, 1.54) is 55.8 Å². The number of benzene rings is 2. The lowest BCUT2D eigenvalue weighted by Crippen LogP contribution is -2.23. The minimum atomic E-state index is -4.44. The van der Waals surface area contributed by atoms with Gasteiger partial charge >= 0.3 is 6.18 Å². The van der Waals surface area contributed by atoms with Crippen LogP contribution in [0.25, 0.3) is 11.1 Å². The number of sulfonamides is 1. The van der Waals surface area contributed by atoms with Gasteiger partial charge in [0.15, 0.2) is 0 Å². The highest BCUT2D eigenvalue weighted by atomic mass is 35.5. The van der Waals surface area contributed by atoms with E-state index < -0.39 is 27.7 Å². The van der Waals surface area contributed by atoms with Crippen LogP contribution in [-0.2, 0) is 22.7 Å². The van der Waals surface area contributed by atoms with Crippen molar-refractivity contribution in [2.24, 2.45) is 0 Å². The van der Waals surface area contributed by atoms with E-state index >= 15 is 0 Å². The van der Waals surface area contributed by atoms with Gasteiger partial charge in [-0.25, -0.2) is 13.1 Å². The molecule has 0 atom stereocenters. The van der Waals surface area contributed by atoms with Gasteiger partial charge < -0.3 is 5.32 Å². The summed E-state index contributed by atoms with van der Waals surface area (Å²) in [4.78, 5) is 16.5. The smallest absolute Gasteiger partial charge is 0.348 e. The first-order chi connectivity index (χ1) is 15.0. The molecule has 1 amide bonds. The fourth-order valence-corrected chi connectivity index (χ4v) is 3.88. The number of nitrogens with one attached hydrogen (secondary N) is 2. The molecular weight excluding hydrogens is 467 g/mol. The number of hydrogen-bond acceptors (Lipinski definition) is 4. The molecule has 0 saturated carbocycles. The first-order valence-corrected chi connectivity index (χ1v) is 11.0. The molecule has 0 fully saturated rings. The summed E-state index contributed by atoms with van der Waals surface area (Å²) in [7, 11) is -2.36. The van der Waals surface area contributed by atoms with Crippen LogP contribution >= 0.6 is 11.6 Å². The summed E-state index contributed by atoms with van der Waals surface area (Å²) < 4.78 is 64.1. The highest BCUT2D eigenvalue weighted by molar-refractivity contribution is 7.89. The van der Waals surface area contributed by atoms with Crippen LogP contribution in [0.1, 0.15) is 21.5 Å². The van der Waals surface area contributed by atoms with Crippen molar-refractivity contribution in [1.29, 1.82) is 0 Å². The predicted octanol–water partition coefficient (Wildman–Crippen LogP) is 4.26. The second-order valence-electron chi connectivity index (χ2n) is 6.68. The van der Waals surface area contributed by atoms with Gasteiger partial charge in [-0.2, -0.15) is 13.2 Å². The van der Waals surface area contributed by atoms with Gasteiger partial charge in [0.25, 0.3) is 5.91 Å². The van der Waals surface area contributed by atoms with Gasteiger partial charge in [-0.3, -0.25) is 9.78 Å². The van der Waals surface area contributed by atoms with E-state index in [0.717, 1.165) is 12.1 Å². The van der Waals surface area contributed by atoms with Crippen molar-refractivity contribution in [2.45, 2.75) is 17.6 Å². The number of pyridine rings is 1. The summed E-state index contributed by atoms with van der Waals surface area (Å²) in [5, 5.41) is 2.82. The molecule has 1 heterocycles. The number of aromatic nitrogens is 1. The van der Waals surface area contributed by atoms with E-state index in [9.17, 15) is 26.4 Å². The van der Waals surface area contributed by atoms with Crippen molar-refractivity contribution in [3.8, 4) is 11.1 Å². The van der Waals surface area contributed by atoms with E-state index in [-0.39, 0.29) is 22.0 Å². The van der Waals surface area contributed by atoms with E-state index in [1.807, 2.05) is 0 Å². The Labute approximate surface area is 187 Å². The van der Waals surface area contributed by atoms with Crippen molar-refractivity contribution >= 4 is 27.5 Å². The van der Waals surface area contributed by atoms with Crippen LogP contribution in [0.3, 0.4) is 0 Å². The molecule has 0 bridgehead atoms. The molecule has 0 unspecified atom stereocenters. The van der Waals surface area contributed by atoms with E-state index in [2.05, 4.69) is 15.0 Å². The van der Waals surface area contributed by atoms with Gasteiger partial charge in [-0.1, -0.05) is 29.8 Å². The Hall–Kier alpha value is -2.95. The molecule has 1 aromatic heterocycles. The normalized spacial score (nSPS) is 11.9. The lowest BCUT2D eigenvalue weighted by molar-refractivity contribution is -0.137. The van der Waals surface area contributed by atoms with Crippen molar-refractivity contribution in [3.05, 3.63) is 82.6 Å². The van der Waals surface area contributed by atoms with Crippen molar-refractivity contribution < 1.29 is 26.4 Å². The third-order valence-corrected chi connectivity index (χ3v) is 6.35. The summed E-state index contributed by atoms with van der Waals surface area (Å²) in [6.45, 7) is 0.0298. The molecule has 0 saturated heterocycles. The topological polar surface area (TPSA) is 88.2 Å². The molecular formula is C21H17ClF3N3O3S. The number of alkyl halides is 3. The number of carbonyl (C=O) groups excluding carboxylic acids is 1. The van der Waals surface area contributed by atoms with Gasteiger partial charge in [0.2, 0.25) is 10.0 Å². The number of carbonyl (C=O) groups is 1. The molecule has 2 aromatic carbocycles. The van der Waals surface area contributed by atoms with Crippen LogP contribution in [0.2, 0.25) is 5.02 Å². The molecule has 0 radical (unpaired) electrons. The third-order valence-electron chi connectivity index (χ3n) is 4.59. The van der Waals surface area contributed by atoms with Crippen molar-refractivity contribution in [1.82, 2.24) is 15.0 Å². The van der Waals surface area contributed by atoms with Crippen LogP contribution in [0.5, 0.6) is 0 Å². The summed E-state index contributed by atoms with van der Waals surface area (Å²) in [6, 6.07) is 10.2. The quantitative estimate of drug-likeness (QED) is 0.548. The Morgan fingerprint density at radius 2 is 1.72 bits per heavy atom. The zero-order valence-corrected chi connectivity index (χ0v) is 18.1. The van der Waals surface area contributed by atoms with Gasteiger partial charge in [0.1, 0.15) is 0 Å². The lowest BCUT2D eigenvalue weighted by Gasteiger charge is -2.10. The number of nitrogens with zero attached hydrogens (tertiary/aromatic N) is 1. The molecule has 3 aromatic rings. The Morgan fingerprint density at radius 3 is 2.31 bits per heavy atom. The maximum atomic E-state index is 12.7. The maximum Gasteiger partial charge on any atom is 0.416 e. The monoisotopic (exact) mass is 483 g/mol. The molecule has 0 aliphatic rings. The Balaban J connectivity index is 1.73. The van der Waals surface area contributed by atoms with Crippen LogP contribution in [0.15, 0.2) is 65.8 Å². The zero-order chi connectivity index (χ0) is 23.5. The summed E-state index contributed by atoms with van der Waals surface area (Å²) in [5.41, 5.74) is 0.888. The van der Waals surface area contributed by atoms with Crippen LogP contribution in [0.4, 0.5) is 13.2 Å². The van der Waals surface area contributed by atoms with Crippen LogP contribution in [0, 0.1) is 0 Å². The molecule has 0 spiro atoms. The molecule has 2 N–H and O–H groups in total. The van der Waals surface area contributed by atoms with E-state index in [1.54, 1.807) is 0 Å². The minimum Gasteiger partial charge on any atom is -0.348 e. The average Bonchev–Trinajstić information content (AvgIpc) is 2.77. The fourth-order valence-electron chi connectivity index (χ4n) is 2.81. The second kappa shape index (κ2) is 9.27. The molecule has 11 heteroatoms. The summed E-state index contributed by atoms with van der Waals surface area (Å²) >= 11 is 6.14. The molecule has 6 nitrogen and oxygen atoms in total. The van der Waals surface area contributed by atoms with Gasteiger partial charge in [-0.05, 0) is 48.5 Å². The van der Waals surface area contributed by atoms with Crippen molar-refractivity contribution in [3.63, 3.8) is 0 Å². The van der Waals surface area contributed by atoms with E-state index in [4.69, 9.17) is 11.6 Å². The summed E-state index contributed by atoms with van der Waals surface area (Å²) in [6.07, 6.45) is -1.67. The first kappa shape index (κ1) is 23.7. The van der Waals surface area contributed by atoms with Gasteiger partial charge in [0.05, 0.1) is 16.0 Å². The Morgan fingerprint density at radius 1 is 1.03 bits per heavy atom.